The summed E-state index contributed by atoms with van der Waals surface area (Å²) >= 11 is 0. The van der Waals surface area contributed by atoms with E-state index >= 15 is 0 Å². The Labute approximate surface area is 179 Å². The number of hydrogen-bond donors (Lipinski definition) is 0. The molecule has 31 heavy (non-hydrogen) atoms. The maximum absolute atomic E-state index is 12.4. The smallest absolute Gasteiger partial charge is 0.337 e. The van der Waals surface area contributed by atoms with Crippen molar-refractivity contribution in [3.8, 4) is 11.8 Å². The number of pyridine rings is 1. The van der Waals surface area contributed by atoms with Crippen LogP contribution in [0, 0.1) is 25.2 Å². The van der Waals surface area contributed by atoms with Crippen LogP contribution in [0.5, 0.6) is 5.75 Å². The van der Waals surface area contributed by atoms with Gasteiger partial charge in [-0.1, -0.05) is 12.1 Å². The van der Waals surface area contributed by atoms with Gasteiger partial charge in [-0.15, -0.1) is 0 Å². The number of aromatic nitrogens is 1. The fourth-order valence-electron chi connectivity index (χ4n) is 2.96. The maximum atomic E-state index is 12.4. The summed E-state index contributed by atoms with van der Waals surface area (Å²) in [6, 6.07) is 17.9. The minimum Gasteiger partial charge on any atom is -0.489 e. The zero-order chi connectivity index (χ0) is 22.4. The molecule has 0 bridgehead atoms. The van der Waals surface area contributed by atoms with E-state index in [9.17, 15) is 9.59 Å². The van der Waals surface area contributed by atoms with Gasteiger partial charge in [0, 0.05) is 5.69 Å². The highest BCUT2D eigenvalue weighted by Crippen LogP contribution is 2.14. The van der Waals surface area contributed by atoms with E-state index in [2.05, 4.69) is 9.84 Å². The lowest BCUT2D eigenvalue weighted by molar-refractivity contribution is 0.0600. The Morgan fingerprint density at radius 1 is 1.13 bits per heavy atom. The van der Waals surface area contributed by atoms with Gasteiger partial charge in [-0.2, -0.15) is 10.4 Å². The van der Waals surface area contributed by atoms with Crippen LogP contribution >= 0.6 is 0 Å². The molecule has 0 atom stereocenters. The highest BCUT2D eigenvalue weighted by atomic mass is 16.5. The van der Waals surface area contributed by atoms with E-state index in [4.69, 9.17) is 10.00 Å². The minimum absolute atomic E-state index is 0.0890. The molecule has 0 fully saturated rings. The second kappa shape index (κ2) is 9.55. The molecule has 0 saturated heterocycles. The molecule has 0 unspecified atom stereocenters. The van der Waals surface area contributed by atoms with Gasteiger partial charge in [-0.05, 0) is 73.0 Å². The fourth-order valence-corrected chi connectivity index (χ4v) is 2.96. The number of nitrogens with zero attached hydrogens (tertiary/aromatic N) is 3. The van der Waals surface area contributed by atoms with Gasteiger partial charge >= 0.3 is 5.97 Å². The summed E-state index contributed by atoms with van der Waals surface area (Å²) in [5, 5.41) is 13.4. The third kappa shape index (κ3) is 5.06. The van der Waals surface area contributed by atoms with Gasteiger partial charge in [-0.25, -0.2) is 9.47 Å². The van der Waals surface area contributed by atoms with Crippen molar-refractivity contribution in [2.24, 2.45) is 5.10 Å². The lowest BCUT2D eigenvalue weighted by atomic mass is 10.1. The van der Waals surface area contributed by atoms with E-state index in [1.807, 2.05) is 30.3 Å². The number of ether oxygens (including phenoxy) is 2. The van der Waals surface area contributed by atoms with Crippen LogP contribution in [0.15, 0.2) is 64.5 Å². The van der Waals surface area contributed by atoms with Crippen LogP contribution in [0.4, 0.5) is 0 Å². The first-order valence-electron chi connectivity index (χ1n) is 9.50. The molecule has 0 N–H and O–H groups in total. The third-order valence-corrected chi connectivity index (χ3v) is 4.65. The van der Waals surface area contributed by atoms with Crippen LogP contribution in [0.2, 0.25) is 0 Å². The van der Waals surface area contributed by atoms with Crippen LogP contribution in [-0.2, 0) is 11.3 Å². The molecule has 2 aromatic carbocycles. The number of carbonyl (C=O) groups is 1. The molecule has 7 nitrogen and oxygen atoms in total. The summed E-state index contributed by atoms with van der Waals surface area (Å²) < 4.78 is 11.7. The molecule has 0 radical (unpaired) electrons. The molecule has 0 amide bonds. The Morgan fingerprint density at radius 3 is 2.42 bits per heavy atom. The Kier molecular flexibility index (Phi) is 6.63. The number of benzene rings is 2. The summed E-state index contributed by atoms with van der Waals surface area (Å²) in [6.45, 7) is 3.85. The summed E-state index contributed by atoms with van der Waals surface area (Å²) in [7, 11) is 1.34. The van der Waals surface area contributed by atoms with Crippen molar-refractivity contribution in [1.82, 2.24) is 4.68 Å². The van der Waals surface area contributed by atoms with Gasteiger partial charge in [-0.3, -0.25) is 4.79 Å². The molecule has 7 heteroatoms. The number of carbonyl (C=O) groups excluding carboxylic acids is 1. The molecule has 0 aliphatic carbocycles. The molecular formula is C24H21N3O4. The number of esters is 1. The molecule has 3 aromatic rings. The molecule has 3 rings (SSSR count). The molecule has 1 aromatic heterocycles. The monoisotopic (exact) mass is 415 g/mol. The zero-order valence-corrected chi connectivity index (χ0v) is 17.5. The molecule has 1 heterocycles. The Bertz CT molecular complexity index is 1220. The number of nitriles is 1. The van der Waals surface area contributed by atoms with Crippen molar-refractivity contribution in [3.05, 3.63) is 98.5 Å². The average molecular weight is 415 g/mol. The predicted octanol–water partition coefficient (Wildman–Crippen LogP) is 3.58. The van der Waals surface area contributed by atoms with Gasteiger partial charge in [0.05, 0.1) is 18.9 Å². The normalized spacial score (nSPS) is 10.6. The Morgan fingerprint density at radius 2 is 1.81 bits per heavy atom. The van der Waals surface area contributed by atoms with Gasteiger partial charge < -0.3 is 9.47 Å². The summed E-state index contributed by atoms with van der Waals surface area (Å²) in [5.41, 5.74) is 3.12. The van der Waals surface area contributed by atoms with Crippen molar-refractivity contribution in [3.63, 3.8) is 0 Å². The van der Waals surface area contributed by atoms with Crippen molar-refractivity contribution in [2.45, 2.75) is 20.5 Å². The summed E-state index contributed by atoms with van der Waals surface area (Å²) in [6.07, 6.45) is 1.56. The highest BCUT2D eigenvalue weighted by Gasteiger charge is 2.09. The van der Waals surface area contributed by atoms with Crippen molar-refractivity contribution >= 4 is 12.2 Å². The molecule has 156 valence electrons. The number of rotatable bonds is 6. The first kappa shape index (κ1) is 21.5. The molecule has 0 aliphatic rings. The van der Waals surface area contributed by atoms with E-state index in [-0.39, 0.29) is 11.5 Å². The molecule has 0 aliphatic heterocycles. The van der Waals surface area contributed by atoms with E-state index in [1.54, 1.807) is 50.4 Å². The van der Waals surface area contributed by atoms with Crippen LogP contribution < -0.4 is 10.3 Å². The third-order valence-electron chi connectivity index (χ3n) is 4.65. The van der Waals surface area contributed by atoms with Crippen LogP contribution in [-0.4, -0.2) is 24.0 Å². The first-order chi connectivity index (χ1) is 14.9. The number of aryl methyl sites for hydroxylation is 2. The lowest BCUT2D eigenvalue weighted by Crippen LogP contribution is -2.22. The van der Waals surface area contributed by atoms with Crippen molar-refractivity contribution in [1.29, 1.82) is 5.26 Å². The Hall–Kier alpha value is -4.18. The lowest BCUT2D eigenvalue weighted by Gasteiger charge is -2.08. The average Bonchev–Trinajstić information content (AvgIpc) is 2.78. The van der Waals surface area contributed by atoms with E-state index in [0.29, 0.717) is 29.2 Å². The molecule has 0 spiro atoms. The predicted molar refractivity (Wildman–Crippen MR) is 116 cm³/mol. The maximum Gasteiger partial charge on any atom is 0.337 e. The summed E-state index contributed by atoms with van der Waals surface area (Å²) in [4.78, 5) is 23.9. The van der Waals surface area contributed by atoms with Crippen LogP contribution in [0.1, 0.15) is 38.3 Å². The van der Waals surface area contributed by atoms with Gasteiger partial charge in [0.25, 0.3) is 5.56 Å². The van der Waals surface area contributed by atoms with Crippen molar-refractivity contribution < 1.29 is 14.3 Å². The second-order valence-electron chi connectivity index (χ2n) is 6.86. The fraction of sp³-hybridized carbons (Fsp3) is 0.167. The van der Waals surface area contributed by atoms with E-state index in [1.165, 1.54) is 11.8 Å². The number of methoxy groups -OCH3 is 1. The Balaban J connectivity index is 1.67. The molecule has 0 saturated carbocycles. The zero-order valence-electron chi connectivity index (χ0n) is 17.5. The van der Waals surface area contributed by atoms with Crippen molar-refractivity contribution in [2.75, 3.05) is 7.11 Å². The quantitative estimate of drug-likeness (QED) is 0.453. The SMILES string of the molecule is COC(=O)c1ccc(COc2ccc(/C=N/n3c(C)cc(C)c(C#N)c3=O)cc2)cc1. The minimum atomic E-state index is -0.436. The second-order valence-corrected chi connectivity index (χ2v) is 6.86. The number of hydrogen-bond acceptors (Lipinski definition) is 6. The van der Waals surface area contributed by atoms with E-state index < -0.39 is 5.56 Å². The van der Waals surface area contributed by atoms with Gasteiger partial charge in [0.15, 0.2) is 0 Å². The standard InChI is InChI=1S/C24H21N3O4/c1-16-12-17(2)27(23(28)22(16)13-25)26-14-18-6-10-21(11-7-18)31-15-19-4-8-20(9-5-19)24(29)30-3/h4-12,14H,15H2,1-3H3/b26-14+. The highest BCUT2D eigenvalue weighted by molar-refractivity contribution is 5.89. The van der Waals surface area contributed by atoms with Gasteiger partial charge in [0.1, 0.15) is 24.0 Å². The first-order valence-corrected chi connectivity index (χ1v) is 9.50. The van der Waals surface area contributed by atoms with Crippen LogP contribution in [0.3, 0.4) is 0 Å². The topological polar surface area (TPSA) is 93.7 Å². The summed E-state index contributed by atoms with van der Waals surface area (Å²) in [5.74, 6) is 0.293. The van der Waals surface area contributed by atoms with Gasteiger partial charge in [0.2, 0.25) is 0 Å². The largest absolute Gasteiger partial charge is 0.489 e. The van der Waals surface area contributed by atoms with Crippen LogP contribution in [0.25, 0.3) is 0 Å². The van der Waals surface area contributed by atoms with E-state index in [0.717, 1.165) is 11.1 Å². The molecular weight excluding hydrogens is 394 g/mol.